The highest BCUT2D eigenvalue weighted by Gasteiger charge is 2.49. The van der Waals surface area contributed by atoms with Gasteiger partial charge in [-0.15, -0.1) is 0 Å². The third-order valence-electron chi connectivity index (χ3n) is 1.66. The van der Waals surface area contributed by atoms with Crippen molar-refractivity contribution < 1.29 is 23.5 Å². The molecule has 0 aromatic carbocycles. The highest BCUT2D eigenvalue weighted by atomic mass is 19.3. The Bertz CT molecular complexity index is 212. The lowest BCUT2D eigenvalue weighted by Crippen LogP contribution is -2.39. The van der Waals surface area contributed by atoms with E-state index >= 15 is 0 Å². The summed E-state index contributed by atoms with van der Waals surface area (Å²) in [5.41, 5.74) is 0. The predicted molar refractivity (Wildman–Crippen MR) is 27.7 cm³/mol. The van der Waals surface area contributed by atoms with E-state index in [9.17, 15) is 23.5 Å². The van der Waals surface area contributed by atoms with Crippen LogP contribution < -0.4 is 5.11 Å². The topological polar surface area (TPSA) is 57.2 Å². The lowest BCUT2D eigenvalue weighted by Gasteiger charge is -2.17. The summed E-state index contributed by atoms with van der Waals surface area (Å²) < 4.78 is 24.9. The minimum Gasteiger partial charge on any atom is -0.550 e. The molecule has 0 radical (unpaired) electrons. The maximum atomic E-state index is 12.5. The molecule has 1 atom stereocenters. The van der Waals surface area contributed by atoms with Gasteiger partial charge in [-0.2, -0.15) is 0 Å². The van der Waals surface area contributed by atoms with Gasteiger partial charge in [-0.1, -0.05) is 0 Å². The molecule has 0 aliphatic heterocycles. The largest absolute Gasteiger partial charge is 0.550 e. The van der Waals surface area contributed by atoms with E-state index < -0.39 is 36.4 Å². The molecule has 0 unspecified atom stereocenters. The number of carbonyl (C=O) groups is 2. The Morgan fingerprint density at radius 1 is 1.64 bits per heavy atom. The van der Waals surface area contributed by atoms with Crippen LogP contribution in [0.3, 0.4) is 0 Å². The molecule has 1 saturated carbocycles. The minimum absolute atomic E-state index is 0.602. The Kier molecular flexibility index (Phi) is 1.66. The lowest BCUT2D eigenvalue weighted by atomic mass is 10.1. The smallest absolute Gasteiger partial charge is 0.263 e. The van der Waals surface area contributed by atoms with E-state index in [1.54, 1.807) is 0 Å². The van der Waals surface area contributed by atoms with Crippen LogP contribution in [-0.4, -0.2) is 17.7 Å². The van der Waals surface area contributed by atoms with E-state index in [2.05, 4.69) is 0 Å². The second kappa shape index (κ2) is 2.25. The zero-order chi connectivity index (χ0) is 8.65. The fraction of sp³-hybridized carbons (Fsp3) is 0.667. The van der Waals surface area contributed by atoms with Gasteiger partial charge in [0.15, 0.2) is 0 Å². The van der Waals surface area contributed by atoms with E-state index in [0.29, 0.717) is 0 Å². The van der Waals surface area contributed by atoms with Crippen molar-refractivity contribution in [2.75, 3.05) is 0 Å². The van der Waals surface area contributed by atoms with Crippen LogP contribution in [0.5, 0.6) is 0 Å². The van der Waals surface area contributed by atoms with Crippen LogP contribution in [0.2, 0.25) is 0 Å². The molecular formula is C6H5F2O3-. The van der Waals surface area contributed by atoms with E-state index in [1.165, 1.54) is 0 Å². The Labute approximate surface area is 61.0 Å². The molecule has 1 aliphatic rings. The van der Waals surface area contributed by atoms with E-state index in [-0.39, 0.29) is 0 Å². The van der Waals surface area contributed by atoms with Gasteiger partial charge in [0.05, 0.1) is 18.3 Å². The number of aliphatic carboxylic acids is 1. The minimum atomic E-state index is -3.41. The summed E-state index contributed by atoms with van der Waals surface area (Å²) in [6.45, 7) is 0. The van der Waals surface area contributed by atoms with Gasteiger partial charge in [-0.05, 0) is 0 Å². The quantitative estimate of drug-likeness (QED) is 0.516. The van der Waals surface area contributed by atoms with Gasteiger partial charge >= 0.3 is 0 Å². The molecule has 1 aliphatic carbocycles. The van der Waals surface area contributed by atoms with Gasteiger partial charge < -0.3 is 9.90 Å². The predicted octanol–water partition coefficient (Wildman–Crippen LogP) is -0.649. The summed E-state index contributed by atoms with van der Waals surface area (Å²) in [5, 5.41) is 10.0. The molecule has 5 heteroatoms. The summed E-state index contributed by atoms with van der Waals surface area (Å²) in [7, 11) is 0. The monoisotopic (exact) mass is 163 g/mol. The Hall–Kier alpha value is -1.00. The normalized spacial score (nSPS) is 28.9. The Morgan fingerprint density at radius 2 is 2.18 bits per heavy atom. The van der Waals surface area contributed by atoms with Crippen LogP contribution in [-0.2, 0) is 9.59 Å². The van der Waals surface area contributed by atoms with Crippen LogP contribution in [0.1, 0.15) is 12.8 Å². The molecule has 0 aromatic heterocycles. The number of ketones is 1. The van der Waals surface area contributed by atoms with Gasteiger partial charge in [-0.3, -0.25) is 4.79 Å². The summed E-state index contributed by atoms with van der Waals surface area (Å²) in [5.74, 6) is -7.89. The van der Waals surface area contributed by atoms with Crippen LogP contribution in [0.25, 0.3) is 0 Å². The van der Waals surface area contributed by atoms with Crippen molar-refractivity contribution in [1.82, 2.24) is 0 Å². The standard InChI is InChI=1S/C6H6F2O3/c7-6(8)2-3(9)1-4(6)5(10)11/h4H,1-2H2,(H,10,11)/p-1/t4-/m0/s1. The number of hydrogen-bond donors (Lipinski definition) is 0. The molecule has 0 aromatic rings. The average Bonchev–Trinajstić information content (AvgIpc) is 2.04. The number of hydrogen-bond acceptors (Lipinski definition) is 3. The van der Waals surface area contributed by atoms with Gasteiger partial charge in [-0.25, -0.2) is 8.78 Å². The zero-order valence-electron chi connectivity index (χ0n) is 5.47. The number of carboxylic acids is 1. The fourth-order valence-corrected chi connectivity index (χ4v) is 1.09. The first-order valence-corrected chi connectivity index (χ1v) is 3.04. The molecular weight excluding hydrogens is 158 g/mol. The fourth-order valence-electron chi connectivity index (χ4n) is 1.09. The molecule has 0 saturated heterocycles. The molecule has 0 bridgehead atoms. The molecule has 62 valence electrons. The molecule has 0 heterocycles. The van der Waals surface area contributed by atoms with Gasteiger partial charge in [0.1, 0.15) is 5.78 Å². The number of halogens is 2. The van der Waals surface area contributed by atoms with Gasteiger partial charge in [0.2, 0.25) is 0 Å². The maximum absolute atomic E-state index is 12.5. The first-order chi connectivity index (χ1) is 4.93. The number of carbonyl (C=O) groups excluding carboxylic acids is 2. The van der Waals surface area contributed by atoms with Crippen LogP contribution in [0.15, 0.2) is 0 Å². The zero-order valence-corrected chi connectivity index (χ0v) is 5.47. The van der Waals surface area contributed by atoms with Crippen molar-refractivity contribution in [3.05, 3.63) is 0 Å². The molecule has 0 N–H and O–H groups in total. The summed E-state index contributed by atoms with van der Waals surface area (Å²) in [4.78, 5) is 20.4. The lowest BCUT2D eigenvalue weighted by molar-refractivity contribution is -0.317. The highest BCUT2D eigenvalue weighted by molar-refractivity contribution is 5.88. The van der Waals surface area contributed by atoms with Gasteiger partial charge in [0.25, 0.3) is 5.92 Å². The number of rotatable bonds is 1. The molecule has 1 rings (SSSR count). The SMILES string of the molecule is O=C1C[C@@H](C(=O)[O-])C(F)(F)C1. The Morgan fingerprint density at radius 3 is 2.36 bits per heavy atom. The van der Waals surface area contributed by atoms with Crippen molar-refractivity contribution >= 4 is 11.8 Å². The average molecular weight is 163 g/mol. The second-order valence-electron chi connectivity index (χ2n) is 2.55. The summed E-state index contributed by atoms with van der Waals surface area (Å²) >= 11 is 0. The number of alkyl halides is 2. The van der Waals surface area contributed by atoms with E-state index in [1.807, 2.05) is 0 Å². The summed E-state index contributed by atoms with van der Waals surface area (Å²) in [6, 6.07) is 0. The highest BCUT2D eigenvalue weighted by Crippen LogP contribution is 2.37. The first-order valence-electron chi connectivity index (χ1n) is 3.04. The summed E-state index contributed by atoms with van der Waals surface area (Å²) in [6.07, 6.45) is -1.57. The Balaban J connectivity index is 2.82. The third kappa shape index (κ3) is 1.36. The second-order valence-corrected chi connectivity index (χ2v) is 2.55. The van der Waals surface area contributed by atoms with Gasteiger partial charge in [0, 0.05) is 6.42 Å². The molecule has 0 amide bonds. The van der Waals surface area contributed by atoms with Crippen molar-refractivity contribution in [1.29, 1.82) is 0 Å². The molecule has 0 spiro atoms. The third-order valence-corrected chi connectivity index (χ3v) is 1.66. The van der Waals surface area contributed by atoms with Crippen molar-refractivity contribution in [2.45, 2.75) is 18.8 Å². The van der Waals surface area contributed by atoms with E-state index in [4.69, 9.17) is 0 Å². The van der Waals surface area contributed by atoms with Crippen molar-refractivity contribution in [3.8, 4) is 0 Å². The van der Waals surface area contributed by atoms with Crippen molar-refractivity contribution in [2.24, 2.45) is 5.92 Å². The maximum Gasteiger partial charge on any atom is 0.263 e. The number of Topliss-reactive ketones (excluding diaryl/α,β-unsaturated/α-hetero) is 1. The molecule has 1 fully saturated rings. The van der Waals surface area contributed by atoms with E-state index in [0.717, 1.165) is 0 Å². The molecule has 11 heavy (non-hydrogen) atoms. The van der Waals surface area contributed by atoms with Crippen LogP contribution >= 0.6 is 0 Å². The van der Waals surface area contributed by atoms with Crippen LogP contribution in [0, 0.1) is 5.92 Å². The first kappa shape index (κ1) is 8.10. The van der Waals surface area contributed by atoms with Crippen LogP contribution in [0.4, 0.5) is 8.78 Å². The molecule has 3 nitrogen and oxygen atoms in total. The number of carboxylic acid groups (broad SMARTS) is 1. The van der Waals surface area contributed by atoms with Crippen molar-refractivity contribution in [3.63, 3.8) is 0 Å².